The minimum atomic E-state index is -1.84. The van der Waals surface area contributed by atoms with Crippen LogP contribution in [0, 0.1) is 0 Å². The molecule has 5 heteroatoms. The van der Waals surface area contributed by atoms with Crippen LogP contribution in [0.3, 0.4) is 0 Å². The van der Waals surface area contributed by atoms with Gasteiger partial charge in [-0.15, -0.1) is 0 Å². The molecule has 4 unspecified atom stereocenters. The van der Waals surface area contributed by atoms with Crippen LogP contribution in [0.1, 0.15) is 143 Å². The Morgan fingerprint density at radius 2 is 0.806 bits per heavy atom. The lowest BCUT2D eigenvalue weighted by Gasteiger charge is -2.42. The van der Waals surface area contributed by atoms with E-state index in [9.17, 15) is 20.4 Å². The summed E-state index contributed by atoms with van der Waals surface area (Å²) in [6.07, 6.45) is 14.3. The Labute approximate surface area is 192 Å². The molecule has 31 heavy (non-hydrogen) atoms. The van der Waals surface area contributed by atoms with E-state index in [-0.39, 0.29) is 12.8 Å². The standard InChI is InChI=1S/C26H54O5/c1-5-9-11-13-15-17-19-21-25(29,23(27)7-3)31-26(30,24(28)8-4)22-20-18-16-14-12-10-6-2/h23-24,27-30H,5-22H2,1-4H3. The van der Waals surface area contributed by atoms with Gasteiger partial charge in [0.2, 0.25) is 0 Å². The van der Waals surface area contributed by atoms with Gasteiger partial charge in [0.05, 0.1) is 0 Å². The monoisotopic (exact) mass is 446 g/mol. The lowest BCUT2D eigenvalue weighted by molar-refractivity contribution is -0.384. The molecule has 0 saturated heterocycles. The van der Waals surface area contributed by atoms with Crippen LogP contribution in [0.25, 0.3) is 0 Å². The van der Waals surface area contributed by atoms with Gasteiger partial charge in [-0.3, -0.25) is 0 Å². The van der Waals surface area contributed by atoms with Crippen molar-refractivity contribution in [1.82, 2.24) is 0 Å². The molecule has 0 spiro atoms. The summed E-state index contributed by atoms with van der Waals surface area (Å²) in [5.74, 6) is -3.69. The van der Waals surface area contributed by atoms with Crippen molar-refractivity contribution in [1.29, 1.82) is 0 Å². The molecule has 0 bridgehead atoms. The number of aliphatic hydroxyl groups is 4. The van der Waals surface area contributed by atoms with Crippen molar-refractivity contribution in [2.45, 2.75) is 167 Å². The molecular weight excluding hydrogens is 392 g/mol. The second-order valence-electron chi connectivity index (χ2n) is 9.38. The van der Waals surface area contributed by atoms with Crippen LogP contribution in [-0.4, -0.2) is 44.2 Å². The summed E-state index contributed by atoms with van der Waals surface area (Å²) in [4.78, 5) is 0. The number of hydrogen-bond acceptors (Lipinski definition) is 5. The second-order valence-corrected chi connectivity index (χ2v) is 9.38. The molecular formula is C26H54O5. The third-order valence-electron chi connectivity index (χ3n) is 6.45. The van der Waals surface area contributed by atoms with Crippen molar-refractivity contribution in [2.75, 3.05) is 0 Å². The zero-order valence-electron chi connectivity index (χ0n) is 21.1. The minimum absolute atomic E-state index is 0.256. The normalized spacial score (nSPS) is 17.8. The van der Waals surface area contributed by atoms with E-state index in [2.05, 4.69) is 13.8 Å². The average molecular weight is 447 g/mol. The highest BCUT2D eigenvalue weighted by atomic mass is 16.7. The minimum Gasteiger partial charge on any atom is -0.388 e. The van der Waals surface area contributed by atoms with Crippen LogP contribution in [0.15, 0.2) is 0 Å². The van der Waals surface area contributed by atoms with Gasteiger partial charge >= 0.3 is 0 Å². The maximum Gasteiger partial charge on any atom is 0.195 e. The molecule has 188 valence electrons. The molecule has 0 fully saturated rings. The largest absolute Gasteiger partial charge is 0.388 e. The van der Waals surface area contributed by atoms with Gasteiger partial charge in [-0.2, -0.15) is 0 Å². The Bertz CT molecular complexity index is 369. The van der Waals surface area contributed by atoms with Gasteiger partial charge in [-0.1, -0.05) is 105 Å². The first-order chi connectivity index (χ1) is 14.8. The third-order valence-corrected chi connectivity index (χ3v) is 6.45. The highest BCUT2D eigenvalue weighted by Gasteiger charge is 2.46. The molecule has 4 atom stereocenters. The van der Waals surface area contributed by atoms with Gasteiger partial charge in [0, 0.05) is 12.8 Å². The summed E-state index contributed by atoms with van der Waals surface area (Å²) in [5, 5.41) is 43.3. The van der Waals surface area contributed by atoms with E-state index < -0.39 is 23.8 Å². The van der Waals surface area contributed by atoms with E-state index >= 15 is 0 Å². The lowest BCUT2D eigenvalue weighted by Crippen LogP contribution is -2.56. The molecule has 0 aliphatic heterocycles. The van der Waals surface area contributed by atoms with E-state index in [1.54, 1.807) is 13.8 Å². The van der Waals surface area contributed by atoms with Crippen LogP contribution >= 0.6 is 0 Å². The molecule has 0 aromatic rings. The summed E-state index contributed by atoms with van der Waals surface area (Å²) in [6, 6.07) is 0. The van der Waals surface area contributed by atoms with Gasteiger partial charge in [-0.25, -0.2) is 0 Å². The Balaban J connectivity index is 4.82. The fraction of sp³-hybridized carbons (Fsp3) is 1.00. The average Bonchev–Trinajstić information content (AvgIpc) is 2.76. The predicted octanol–water partition coefficient (Wildman–Crippen LogP) is 6.20. The van der Waals surface area contributed by atoms with Crippen LogP contribution < -0.4 is 0 Å². The number of hydrogen-bond donors (Lipinski definition) is 4. The highest BCUT2D eigenvalue weighted by Crippen LogP contribution is 2.33. The molecule has 0 rings (SSSR count). The molecule has 0 aromatic heterocycles. The lowest BCUT2D eigenvalue weighted by atomic mass is 9.95. The van der Waals surface area contributed by atoms with Gasteiger partial charge in [0.15, 0.2) is 11.6 Å². The maximum absolute atomic E-state index is 11.2. The number of aliphatic hydroxyl groups excluding tert-OH is 2. The Kier molecular flexibility index (Phi) is 18.1. The van der Waals surface area contributed by atoms with Crippen LogP contribution in [0.5, 0.6) is 0 Å². The number of unbranched alkanes of at least 4 members (excludes halogenated alkanes) is 12. The van der Waals surface area contributed by atoms with Crippen molar-refractivity contribution >= 4 is 0 Å². The first-order valence-corrected chi connectivity index (χ1v) is 13.3. The molecule has 0 saturated carbocycles. The first-order valence-electron chi connectivity index (χ1n) is 13.3. The van der Waals surface area contributed by atoms with Crippen molar-refractivity contribution in [3.8, 4) is 0 Å². The summed E-state index contributed by atoms with van der Waals surface area (Å²) < 4.78 is 5.83. The van der Waals surface area contributed by atoms with E-state index in [0.29, 0.717) is 12.8 Å². The van der Waals surface area contributed by atoms with Crippen LogP contribution in [0.4, 0.5) is 0 Å². The smallest absolute Gasteiger partial charge is 0.195 e. The van der Waals surface area contributed by atoms with Crippen molar-refractivity contribution < 1.29 is 25.2 Å². The first kappa shape index (κ1) is 30.8. The molecule has 0 radical (unpaired) electrons. The molecule has 0 heterocycles. The highest BCUT2D eigenvalue weighted by molar-refractivity contribution is 4.85. The quantitative estimate of drug-likeness (QED) is 0.117. The van der Waals surface area contributed by atoms with E-state index in [4.69, 9.17) is 4.74 Å². The second kappa shape index (κ2) is 18.3. The summed E-state index contributed by atoms with van der Waals surface area (Å²) in [7, 11) is 0. The van der Waals surface area contributed by atoms with Crippen molar-refractivity contribution in [3.63, 3.8) is 0 Å². The SMILES string of the molecule is CCCCCCCCCC(O)(OC(O)(CCCCCCCCC)C(O)CC)C(O)CC. The number of rotatable bonds is 22. The molecule has 0 aromatic carbocycles. The van der Waals surface area contributed by atoms with Gasteiger partial charge < -0.3 is 25.2 Å². The Morgan fingerprint density at radius 3 is 1.10 bits per heavy atom. The van der Waals surface area contributed by atoms with E-state index in [0.717, 1.165) is 38.5 Å². The zero-order chi connectivity index (χ0) is 23.6. The molecule has 5 nitrogen and oxygen atoms in total. The van der Waals surface area contributed by atoms with E-state index in [1.807, 2.05) is 0 Å². The van der Waals surface area contributed by atoms with Crippen molar-refractivity contribution in [2.24, 2.45) is 0 Å². The zero-order valence-corrected chi connectivity index (χ0v) is 21.1. The van der Waals surface area contributed by atoms with Gasteiger partial charge in [0.25, 0.3) is 0 Å². The topological polar surface area (TPSA) is 90.2 Å². The Morgan fingerprint density at radius 1 is 0.516 bits per heavy atom. The maximum atomic E-state index is 11.2. The molecule has 4 N–H and O–H groups in total. The van der Waals surface area contributed by atoms with Crippen LogP contribution in [0.2, 0.25) is 0 Å². The van der Waals surface area contributed by atoms with Crippen molar-refractivity contribution in [3.05, 3.63) is 0 Å². The molecule has 0 aliphatic rings. The third kappa shape index (κ3) is 13.2. The molecule has 0 amide bonds. The van der Waals surface area contributed by atoms with Crippen LogP contribution in [-0.2, 0) is 4.74 Å². The van der Waals surface area contributed by atoms with Gasteiger partial charge in [-0.05, 0) is 25.7 Å². The van der Waals surface area contributed by atoms with E-state index in [1.165, 1.54) is 51.4 Å². The summed E-state index contributed by atoms with van der Waals surface area (Å²) in [6.45, 7) is 7.97. The summed E-state index contributed by atoms with van der Waals surface area (Å²) >= 11 is 0. The number of ether oxygens (including phenoxy) is 1. The molecule has 0 aliphatic carbocycles. The Hall–Kier alpha value is -0.200. The summed E-state index contributed by atoms with van der Waals surface area (Å²) in [5.41, 5.74) is 0. The fourth-order valence-electron chi connectivity index (χ4n) is 4.19. The fourth-order valence-corrected chi connectivity index (χ4v) is 4.19. The predicted molar refractivity (Wildman–Crippen MR) is 129 cm³/mol. The van der Waals surface area contributed by atoms with Gasteiger partial charge in [0.1, 0.15) is 12.2 Å².